The van der Waals surface area contributed by atoms with Crippen LogP contribution >= 0.6 is 22.6 Å². The molecule has 0 bridgehead atoms. The van der Waals surface area contributed by atoms with Crippen LogP contribution in [0.4, 0.5) is 14.4 Å². The SMILES string of the molecule is CCCCN(C#CCI)C(=O)O.CCCCN(C(=O)O)C(C)C.CCCCN(C(=O)O)C(C)C. The van der Waals surface area contributed by atoms with Gasteiger partial charge >= 0.3 is 18.3 Å². The average Bonchev–Trinajstić information content (AvgIpc) is 2.74. The molecule has 0 saturated carbocycles. The van der Waals surface area contributed by atoms with E-state index in [9.17, 15) is 14.4 Å². The predicted octanol–water partition coefficient (Wildman–Crippen LogP) is 6.51. The van der Waals surface area contributed by atoms with E-state index in [2.05, 4.69) is 48.4 Å². The fourth-order valence-electron chi connectivity index (χ4n) is 2.45. The molecule has 200 valence electrons. The number of halogens is 1. The van der Waals surface area contributed by atoms with Crippen molar-refractivity contribution >= 4 is 40.9 Å². The van der Waals surface area contributed by atoms with Crippen molar-refractivity contribution in [2.45, 2.75) is 99.1 Å². The van der Waals surface area contributed by atoms with Gasteiger partial charge in [-0.05, 0) is 47.0 Å². The van der Waals surface area contributed by atoms with E-state index >= 15 is 0 Å². The minimum Gasteiger partial charge on any atom is -0.465 e. The Bertz CT molecular complexity index is 575. The molecule has 0 aromatic carbocycles. The number of nitrogens with zero attached hydrogens (tertiary/aromatic N) is 3. The maximum absolute atomic E-state index is 10.6. The lowest BCUT2D eigenvalue weighted by atomic mass is 10.3. The molecule has 0 unspecified atom stereocenters. The Kier molecular flexibility index (Phi) is 26.1. The molecular formula is C24H46IN3O6. The number of amides is 3. The van der Waals surface area contributed by atoms with E-state index in [1.165, 1.54) is 9.80 Å². The zero-order chi connectivity index (χ0) is 27.1. The number of unbranched alkanes of at least 4 members (excludes halogenated alkanes) is 3. The quantitative estimate of drug-likeness (QED) is 0.108. The second kappa shape index (κ2) is 24.2. The second-order valence-corrected chi connectivity index (χ2v) is 8.82. The highest BCUT2D eigenvalue weighted by atomic mass is 127. The van der Waals surface area contributed by atoms with Crippen LogP contribution in [0.15, 0.2) is 0 Å². The maximum Gasteiger partial charge on any atom is 0.419 e. The van der Waals surface area contributed by atoms with Gasteiger partial charge in [0, 0.05) is 37.8 Å². The second-order valence-electron chi connectivity index (χ2n) is 8.06. The van der Waals surface area contributed by atoms with Crippen molar-refractivity contribution in [1.82, 2.24) is 14.7 Å². The Labute approximate surface area is 220 Å². The molecule has 0 spiro atoms. The zero-order valence-electron chi connectivity index (χ0n) is 22.0. The Morgan fingerprint density at radius 2 is 1.06 bits per heavy atom. The molecule has 0 fully saturated rings. The lowest BCUT2D eigenvalue weighted by molar-refractivity contribution is 0.130. The fourth-order valence-corrected chi connectivity index (χ4v) is 2.62. The highest BCUT2D eigenvalue weighted by Crippen LogP contribution is 2.02. The Morgan fingerprint density at radius 3 is 1.29 bits per heavy atom. The third kappa shape index (κ3) is 21.9. The summed E-state index contributed by atoms with van der Waals surface area (Å²) >= 11 is 2.09. The van der Waals surface area contributed by atoms with Crippen LogP contribution in [0.2, 0.25) is 0 Å². The van der Waals surface area contributed by atoms with Crippen molar-refractivity contribution in [1.29, 1.82) is 0 Å². The summed E-state index contributed by atoms with van der Waals surface area (Å²) in [4.78, 5) is 35.7. The highest BCUT2D eigenvalue weighted by Gasteiger charge is 2.14. The van der Waals surface area contributed by atoms with Crippen molar-refractivity contribution in [2.75, 3.05) is 24.1 Å². The maximum atomic E-state index is 10.6. The molecule has 10 heteroatoms. The van der Waals surface area contributed by atoms with Gasteiger partial charge in [-0.15, -0.1) is 0 Å². The standard InChI is InChI=1S/C8H12INO2.2C8H17NO2/c1-2-3-6-10(8(11)12)7-4-5-9;2*1-4-5-6-9(7(2)3)8(10)11/h2-3,5-6H2,1H3,(H,11,12);2*7H,4-6H2,1-3H3,(H,10,11). The molecule has 0 aliphatic heterocycles. The van der Waals surface area contributed by atoms with Crippen molar-refractivity contribution < 1.29 is 29.7 Å². The summed E-state index contributed by atoms with van der Waals surface area (Å²) in [6.45, 7) is 15.5. The number of carbonyl (C=O) groups is 3. The number of hydrogen-bond acceptors (Lipinski definition) is 3. The smallest absolute Gasteiger partial charge is 0.419 e. The Balaban J connectivity index is -0.000000425. The molecule has 3 N–H and O–H groups in total. The number of alkyl halides is 1. The lowest BCUT2D eigenvalue weighted by Gasteiger charge is -2.22. The molecular weight excluding hydrogens is 553 g/mol. The van der Waals surface area contributed by atoms with Crippen molar-refractivity contribution in [3.8, 4) is 12.0 Å². The van der Waals surface area contributed by atoms with E-state index in [1.54, 1.807) is 0 Å². The molecule has 9 nitrogen and oxygen atoms in total. The summed E-state index contributed by atoms with van der Waals surface area (Å²) in [5, 5.41) is 26.0. The molecule has 0 atom stereocenters. The first kappa shape index (κ1) is 36.7. The molecule has 0 heterocycles. The first-order chi connectivity index (χ1) is 15.9. The summed E-state index contributed by atoms with van der Waals surface area (Å²) in [6.07, 6.45) is 3.24. The molecule has 34 heavy (non-hydrogen) atoms. The van der Waals surface area contributed by atoms with Crippen molar-refractivity contribution in [3.63, 3.8) is 0 Å². The first-order valence-electron chi connectivity index (χ1n) is 11.9. The van der Waals surface area contributed by atoms with Crippen molar-refractivity contribution in [3.05, 3.63) is 0 Å². The van der Waals surface area contributed by atoms with Gasteiger partial charge in [0.05, 0.1) is 4.43 Å². The minimum absolute atomic E-state index is 0.0963. The lowest BCUT2D eigenvalue weighted by Crippen LogP contribution is -2.36. The van der Waals surface area contributed by atoms with E-state index in [0.29, 0.717) is 24.1 Å². The van der Waals surface area contributed by atoms with E-state index in [0.717, 1.165) is 43.4 Å². The third-order valence-electron chi connectivity index (χ3n) is 4.49. The molecule has 0 aliphatic carbocycles. The summed E-state index contributed by atoms with van der Waals surface area (Å²) in [7, 11) is 0. The van der Waals surface area contributed by atoms with E-state index < -0.39 is 18.3 Å². The van der Waals surface area contributed by atoms with Crippen LogP contribution in [0.1, 0.15) is 87.0 Å². The topological polar surface area (TPSA) is 122 Å². The van der Waals surface area contributed by atoms with Crippen molar-refractivity contribution in [2.24, 2.45) is 0 Å². The largest absolute Gasteiger partial charge is 0.465 e. The molecule has 0 aromatic heterocycles. The Hall–Kier alpha value is -1.90. The molecule has 0 aliphatic rings. The van der Waals surface area contributed by atoms with Crippen LogP contribution in [0.3, 0.4) is 0 Å². The van der Waals surface area contributed by atoms with E-state index in [4.69, 9.17) is 15.3 Å². The van der Waals surface area contributed by atoms with Crippen LogP contribution in [-0.4, -0.2) is 84.4 Å². The number of hydrogen-bond donors (Lipinski definition) is 3. The third-order valence-corrected chi connectivity index (χ3v) is 4.87. The van der Waals surface area contributed by atoms with Gasteiger partial charge in [-0.1, -0.05) is 68.5 Å². The monoisotopic (exact) mass is 599 g/mol. The van der Waals surface area contributed by atoms with Crippen LogP contribution < -0.4 is 0 Å². The number of rotatable bonds is 11. The minimum atomic E-state index is -0.958. The average molecular weight is 600 g/mol. The molecule has 0 radical (unpaired) electrons. The van der Waals surface area contributed by atoms with Gasteiger partial charge in [0.1, 0.15) is 0 Å². The van der Waals surface area contributed by atoms with Gasteiger partial charge in [0.2, 0.25) is 0 Å². The highest BCUT2D eigenvalue weighted by molar-refractivity contribution is 14.1. The zero-order valence-corrected chi connectivity index (χ0v) is 24.2. The Morgan fingerprint density at radius 1 is 0.706 bits per heavy atom. The first-order valence-corrected chi connectivity index (χ1v) is 13.5. The van der Waals surface area contributed by atoms with Gasteiger partial charge in [-0.2, -0.15) is 0 Å². The van der Waals surface area contributed by atoms with Gasteiger partial charge < -0.3 is 25.1 Å². The summed E-state index contributed by atoms with van der Waals surface area (Å²) in [6, 6.07) is 2.77. The normalized spacial score (nSPS) is 9.59. The molecule has 0 aromatic rings. The van der Waals surface area contributed by atoms with Crippen LogP contribution in [0, 0.1) is 12.0 Å². The van der Waals surface area contributed by atoms with E-state index in [-0.39, 0.29) is 12.1 Å². The number of carboxylic acid groups (broad SMARTS) is 3. The van der Waals surface area contributed by atoms with Gasteiger partial charge in [0.15, 0.2) is 0 Å². The van der Waals surface area contributed by atoms with Crippen LogP contribution in [0.5, 0.6) is 0 Å². The van der Waals surface area contributed by atoms with Crippen LogP contribution in [-0.2, 0) is 0 Å². The van der Waals surface area contributed by atoms with E-state index in [1.807, 2.05) is 34.6 Å². The molecule has 0 saturated heterocycles. The molecule has 0 rings (SSSR count). The molecule has 3 amide bonds. The van der Waals surface area contributed by atoms with Gasteiger partial charge in [-0.3, -0.25) is 0 Å². The fraction of sp³-hybridized carbons (Fsp3) is 0.792. The van der Waals surface area contributed by atoms with Gasteiger partial charge in [-0.25, -0.2) is 19.3 Å². The summed E-state index contributed by atoms with van der Waals surface area (Å²) in [5.41, 5.74) is 0. The summed E-state index contributed by atoms with van der Waals surface area (Å²) in [5.74, 6) is 2.72. The predicted molar refractivity (Wildman–Crippen MR) is 146 cm³/mol. The summed E-state index contributed by atoms with van der Waals surface area (Å²) < 4.78 is 0.660. The van der Waals surface area contributed by atoms with Crippen LogP contribution in [0.25, 0.3) is 0 Å². The van der Waals surface area contributed by atoms with Gasteiger partial charge in [0.25, 0.3) is 0 Å².